The highest BCUT2D eigenvalue weighted by Gasteiger charge is 2.66. The fourth-order valence-electron chi connectivity index (χ4n) is 4.93. The zero-order valence-electron chi connectivity index (χ0n) is 21.7. The Balaban J connectivity index is 0.000000586. The smallest absolute Gasteiger partial charge is 0.164 e. The maximum absolute atomic E-state index is 15.1. The lowest BCUT2D eigenvalue weighted by Gasteiger charge is -2.34. The van der Waals surface area contributed by atoms with E-state index in [-0.39, 0.29) is 16.2 Å². The van der Waals surface area contributed by atoms with Gasteiger partial charge in [0.15, 0.2) is 22.6 Å². The largest absolute Gasteiger partial charge is 0.383 e. The van der Waals surface area contributed by atoms with Gasteiger partial charge < -0.3 is 15.8 Å². The van der Waals surface area contributed by atoms with Gasteiger partial charge in [-0.2, -0.15) is 0 Å². The molecule has 3 atom stereocenters. The molecule has 2 aromatic heterocycles. The molecule has 1 aromatic carbocycles. The number of aryl methyl sites for hydroxylation is 1. The Morgan fingerprint density at radius 1 is 1.27 bits per heavy atom. The van der Waals surface area contributed by atoms with E-state index in [2.05, 4.69) is 32.1 Å². The summed E-state index contributed by atoms with van der Waals surface area (Å²) in [6, 6.07) is 6.57. The molecule has 9 heteroatoms. The van der Waals surface area contributed by atoms with Gasteiger partial charge in [-0.25, -0.2) is 13.8 Å². The monoisotopic (exact) mass is 523 g/mol. The third-order valence-electron chi connectivity index (χ3n) is 6.67. The number of hydrogen-bond acceptors (Lipinski definition) is 7. The van der Waals surface area contributed by atoms with Gasteiger partial charge in [0.1, 0.15) is 5.52 Å². The number of pyridine rings is 2. The molecule has 1 saturated carbocycles. The average Bonchev–Trinajstić information content (AvgIpc) is 3.57. The van der Waals surface area contributed by atoms with Crippen molar-refractivity contribution in [3.8, 4) is 11.8 Å². The number of nitrogens with one attached hydrogen (secondary N) is 1. The van der Waals surface area contributed by atoms with E-state index in [0.29, 0.717) is 28.8 Å². The summed E-state index contributed by atoms with van der Waals surface area (Å²) in [4.78, 5) is 13.4. The topological polar surface area (TPSA) is 85.4 Å². The van der Waals surface area contributed by atoms with E-state index in [1.165, 1.54) is 11.8 Å². The third-order valence-corrected chi connectivity index (χ3v) is 7.94. The van der Waals surface area contributed by atoms with Gasteiger partial charge in [0.25, 0.3) is 0 Å². The predicted octanol–water partition coefficient (Wildman–Crippen LogP) is 6.06. The van der Waals surface area contributed by atoms with E-state index in [1.807, 2.05) is 39.8 Å². The van der Waals surface area contributed by atoms with Crippen molar-refractivity contribution in [2.75, 3.05) is 19.0 Å². The minimum atomic E-state index is -1.00. The average molecular weight is 524 g/mol. The highest BCUT2D eigenvalue weighted by atomic mass is 32.2. The molecular formula is C28H31F2N5OS. The van der Waals surface area contributed by atoms with E-state index in [1.54, 1.807) is 25.6 Å². The van der Waals surface area contributed by atoms with Crippen molar-refractivity contribution < 1.29 is 13.5 Å². The molecule has 3 heterocycles. The molecule has 194 valence electrons. The number of rotatable bonds is 5. The summed E-state index contributed by atoms with van der Waals surface area (Å²) in [7, 11) is 1.63. The first-order valence-corrected chi connectivity index (χ1v) is 12.9. The first-order valence-electron chi connectivity index (χ1n) is 12.1. The van der Waals surface area contributed by atoms with Crippen molar-refractivity contribution in [2.24, 2.45) is 16.6 Å². The van der Waals surface area contributed by atoms with Crippen LogP contribution in [0.3, 0.4) is 0 Å². The van der Waals surface area contributed by atoms with Crippen molar-refractivity contribution in [1.82, 2.24) is 9.97 Å². The van der Waals surface area contributed by atoms with Crippen LogP contribution in [0.4, 0.5) is 20.3 Å². The van der Waals surface area contributed by atoms with Crippen molar-refractivity contribution in [1.29, 1.82) is 0 Å². The van der Waals surface area contributed by atoms with Crippen molar-refractivity contribution in [3.05, 3.63) is 59.4 Å². The number of hydrogen-bond donors (Lipinski definition) is 2. The molecule has 2 aliphatic rings. The van der Waals surface area contributed by atoms with Crippen LogP contribution < -0.4 is 11.1 Å². The van der Waals surface area contributed by atoms with Crippen LogP contribution in [0.25, 0.3) is 10.9 Å². The number of fused-ring (bicyclic) bond motifs is 2. The second-order valence-corrected chi connectivity index (χ2v) is 10.9. The SMILES string of the molecule is CC#CCC.COC[C@]12CC1[C@@](C)(c1cc(Nc3nccc4cc(C)cnc34)cc(F)c1F)N=C(N)S2. The Morgan fingerprint density at radius 3 is 2.73 bits per heavy atom. The fraction of sp³-hybridized carbons (Fsp3) is 0.393. The van der Waals surface area contributed by atoms with E-state index in [4.69, 9.17) is 10.5 Å². The van der Waals surface area contributed by atoms with Crippen LogP contribution in [0.2, 0.25) is 0 Å². The van der Waals surface area contributed by atoms with Gasteiger partial charge in [0.2, 0.25) is 0 Å². The van der Waals surface area contributed by atoms with Crippen molar-refractivity contribution in [3.63, 3.8) is 0 Å². The predicted molar refractivity (Wildman–Crippen MR) is 147 cm³/mol. The van der Waals surface area contributed by atoms with Crippen LogP contribution in [0, 0.1) is 36.3 Å². The summed E-state index contributed by atoms with van der Waals surface area (Å²) in [6.07, 6.45) is 5.14. The molecule has 0 saturated heterocycles. The third kappa shape index (κ3) is 5.27. The molecule has 3 aromatic rings. The normalized spacial score (nSPS) is 23.6. The molecule has 1 fully saturated rings. The Bertz CT molecular complexity index is 1420. The zero-order valence-corrected chi connectivity index (χ0v) is 22.5. The van der Waals surface area contributed by atoms with Crippen LogP contribution in [-0.4, -0.2) is 33.6 Å². The Kier molecular flexibility index (Phi) is 7.72. The molecule has 6 nitrogen and oxygen atoms in total. The standard InChI is InChI=1S/C23H23F2N5OS.C5H8/c1-12-6-13-4-5-27-20(19(13)28-10-12)29-14-7-15(18(25)16(24)8-14)22(2)17-9-23(17,11-31-3)32-21(26)30-22;1-3-5-4-2/h4-8,10,17H,9,11H2,1-3H3,(H2,26,30)(H,27,29);3H2,1-2H3/t17?,22-,23-;/m1./s1. The minimum absolute atomic E-state index is 0.0169. The molecule has 5 rings (SSSR count). The fourth-order valence-corrected chi connectivity index (χ4v) is 6.38. The van der Waals surface area contributed by atoms with Crippen LogP contribution >= 0.6 is 11.8 Å². The van der Waals surface area contributed by atoms with Gasteiger partial charge in [-0.15, -0.1) is 11.8 Å². The number of benzene rings is 1. The first kappa shape index (κ1) is 26.8. The summed E-state index contributed by atoms with van der Waals surface area (Å²) < 4.78 is 35.0. The summed E-state index contributed by atoms with van der Waals surface area (Å²) in [5, 5.41) is 4.37. The molecular weight excluding hydrogens is 492 g/mol. The van der Waals surface area contributed by atoms with Gasteiger partial charge in [-0.3, -0.25) is 9.98 Å². The summed E-state index contributed by atoms with van der Waals surface area (Å²) in [5.41, 5.74) is 7.31. The van der Waals surface area contributed by atoms with Crippen molar-refractivity contribution >= 4 is 39.3 Å². The Labute approximate surface area is 220 Å². The molecule has 1 aliphatic carbocycles. The molecule has 1 aliphatic heterocycles. The number of thioether (sulfide) groups is 1. The highest BCUT2D eigenvalue weighted by molar-refractivity contribution is 8.15. The van der Waals surface area contributed by atoms with E-state index in [9.17, 15) is 4.39 Å². The highest BCUT2D eigenvalue weighted by Crippen LogP contribution is 2.66. The summed E-state index contributed by atoms with van der Waals surface area (Å²) in [5.74, 6) is 4.20. The molecule has 0 amide bonds. The molecule has 0 radical (unpaired) electrons. The lowest BCUT2D eigenvalue weighted by Crippen LogP contribution is -2.37. The second-order valence-electron chi connectivity index (χ2n) is 9.42. The molecule has 37 heavy (non-hydrogen) atoms. The van der Waals surface area contributed by atoms with Gasteiger partial charge in [0.05, 0.1) is 16.9 Å². The van der Waals surface area contributed by atoms with E-state index in [0.717, 1.165) is 29.9 Å². The van der Waals surface area contributed by atoms with Crippen LogP contribution in [0.5, 0.6) is 0 Å². The summed E-state index contributed by atoms with van der Waals surface area (Å²) in [6.45, 7) is 8.13. The maximum atomic E-state index is 15.1. The number of ether oxygens (including phenoxy) is 1. The number of aromatic nitrogens is 2. The van der Waals surface area contributed by atoms with Gasteiger partial charge in [-0.05, 0) is 51.0 Å². The molecule has 3 N–H and O–H groups in total. The van der Waals surface area contributed by atoms with Crippen LogP contribution in [0.1, 0.15) is 44.7 Å². The first-order chi connectivity index (χ1) is 17.7. The van der Waals surface area contributed by atoms with Gasteiger partial charge in [-0.1, -0.05) is 18.7 Å². The molecule has 1 unspecified atom stereocenters. The van der Waals surface area contributed by atoms with Crippen LogP contribution in [-0.2, 0) is 10.3 Å². The van der Waals surface area contributed by atoms with Gasteiger partial charge >= 0.3 is 0 Å². The van der Waals surface area contributed by atoms with E-state index >= 15 is 4.39 Å². The Hall–Kier alpha value is -3.22. The number of nitrogens with zero attached hydrogens (tertiary/aromatic N) is 3. The van der Waals surface area contributed by atoms with Crippen LogP contribution in [0.15, 0.2) is 41.7 Å². The van der Waals surface area contributed by atoms with Crippen molar-refractivity contribution in [2.45, 2.75) is 50.8 Å². The number of amidine groups is 1. The number of aliphatic imine (C=N–C) groups is 1. The Morgan fingerprint density at radius 2 is 2.05 bits per heavy atom. The second kappa shape index (κ2) is 10.6. The van der Waals surface area contributed by atoms with Gasteiger partial charge in [0, 0.05) is 54.5 Å². The van der Waals surface area contributed by atoms with E-state index < -0.39 is 17.2 Å². The lowest BCUT2D eigenvalue weighted by atomic mass is 9.85. The lowest BCUT2D eigenvalue weighted by molar-refractivity contribution is 0.184. The zero-order chi connectivity index (χ0) is 26.8. The quantitative estimate of drug-likeness (QED) is 0.396. The molecule has 0 spiro atoms. The number of methoxy groups -OCH3 is 1. The minimum Gasteiger partial charge on any atom is -0.383 e. The molecule has 0 bridgehead atoms. The number of nitrogens with two attached hydrogens (primary N) is 1. The number of halogens is 2. The number of anilines is 2. The maximum Gasteiger partial charge on any atom is 0.164 e. The summed E-state index contributed by atoms with van der Waals surface area (Å²) >= 11 is 1.46.